The third-order valence-corrected chi connectivity index (χ3v) is 5.71. The Kier molecular flexibility index (Phi) is 8.46. The second kappa shape index (κ2) is 9.85. The SMILES string of the molecule is NC(CSc1cc(C(O)C[NH3+])c(SCC(N)C(=O)O)c(O)c1O)C(=O)O. The molecule has 0 saturated heterocycles. The third-order valence-electron chi connectivity index (χ3n) is 3.31. The fourth-order valence-corrected chi connectivity index (χ4v) is 3.83. The standard InChI is InChI=1S/C14H21N3O7S2/c15-2-8(18)5-1-9(25-3-6(16)13(21)22)10(19)11(20)12(5)26-4-7(17)14(23)24/h1,6-8,18-20H,2-4,15-17H2,(H,21,22)(H,23,24)/p+1. The number of carbonyl (C=O) groups is 2. The van der Waals surface area contributed by atoms with Gasteiger partial charge in [0.25, 0.3) is 0 Å². The summed E-state index contributed by atoms with van der Waals surface area (Å²) in [6.45, 7) is 0.0570. The van der Waals surface area contributed by atoms with Crippen molar-refractivity contribution in [2.45, 2.75) is 28.0 Å². The Labute approximate surface area is 157 Å². The Morgan fingerprint density at radius 3 is 2.00 bits per heavy atom. The lowest BCUT2D eigenvalue weighted by molar-refractivity contribution is -0.385. The van der Waals surface area contributed by atoms with Gasteiger partial charge in [-0.1, -0.05) is 0 Å². The van der Waals surface area contributed by atoms with E-state index in [9.17, 15) is 24.9 Å². The molecule has 26 heavy (non-hydrogen) atoms. The molecule has 0 fully saturated rings. The molecule has 1 aromatic carbocycles. The zero-order chi connectivity index (χ0) is 20.0. The van der Waals surface area contributed by atoms with E-state index < -0.39 is 41.6 Å². The summed E-state index contributed by atoms with van der Waals surface area (Å²) < 4.78 is 0. The number of phenolic OH excluding ortho intramolecular Hbond substituents is 2. The highest BCUT2D eigenvalue weighted by molar-refractivity contribution is 8.00. The van der Waals surface area contributed by atoms with Crippen LogP contribution in [0.15, 0.2) is 15.9 Å². The molecule has 0 spiro atoms. The highest BCUT2D eigenvalue weighted by Crippen LogP contribution is 2.46. The van der Waals surface area contributed by atoms with Gasteiger partial charge in [0.1, 0.15) is 24.7 Å². The minimum Gasteiger partial charge on any atom is -0.503 e. The average Bonchev–Trinajstić information content (AvgIpc) is 2.60. The highest BCUT2D eigenvalue weighted by atomic mass is 32.2. The Hall–Kier alpha value is -1.70. The van der Waals surface area contributed by atoms with Crippen molar-refractivity contribution in [3.8, 4) is 11.5 Å². The first-order valence-electron chi connectivity index (χ1n) is 7.38. The molecule has 0 aromatic heterocycles. The van der Waals surface area contributed by atoms with Gasteiger partial charge in [0, 0.05) is 17.1 Å². The van der Waals surface area contributed by atoms with Crippen LogP contribution in [0.4, 0.5) is 0 Å². The zero-order valence-electron chi connectivity index (χ0n) is 13.7. The number of rotatable bonds is 10. The van der Waals surface area contributed by atoms with Gasteiger partial charge in [-0.15, -0.1) is 23.5 Å². The molecule has 1 aromatic rings. The first-order chi connectivity index (χ1) is 12.1. The molecule has 0 aliphatic heterocycles. The number of benzene rings is 1. The fraction of sp³-hybridized carbons (Fsp3) is 0.429. The Bertz CT molecular complexity index is 674. The van der Waals surface area contributed by atoms with Crippen molar-refractivity contribution in [2.75, 3.05) is 18.1 Å². The second-order valence-corrected chi connectivity index (χ2v) is 7.40. The number of nitrogens with two attached hydrogens (primary N) is 2. The van der Waals surface area contributed by atoms with Gasteiger partial charge in [-0.2, -0.15) is 0 Å². The molecule has 3 unspecified atom stereocenters. The number of phenols is 2. The third kappa shape index (κ3) is 5.65. The van der Waals surface area contributed by atoms with Crippen molar-refractivity contribution in [2.24, 2.45) is 11.5 Å². The second-order valence-electron chi connectivity index (χ2n) is 5.31. The molecule has 0 heterocycles. The van der Waals surface area contributed by atoms with E-state index in [-0.39, 0.29) is 33.4 Å². The Morgan fingerprint density at radius 1 is 1.04 bits per heavy atom. The topological polar surface area (TPSA) is 215 Å². The number of aliphatic hydroxyl groups excluding tert-OH is 1. The Balaban J connectivity index is 3.19. The molecule has 12 N–H and O–H groups in total. The first kappa shape index (κ1) is 22.3. The van der Waals surface area contributed by atoms with Gasteiger partial charge in [-0.25, -0.2) is 0 Å². The van der Waals surface area contributed by atoms with E-state index in [2.05, 4.69) is 5.73 Å². The smallest absolute Gasteiger partial charge is 0.321 e. The molecule has 0 bridgehead atoms. The predicted molar refractivity (Wildman–Crippen MR) is 95.2 cm³/mol. The van der Waals surface area contributed by atoms with E-state index in [0.717, 1.165) is 23.5 Å². The molecule has 3 atom stereocenters. The van der Waals surface area contributed by atoms with E-state index in [1.807, 2.05) is 0 Å². The number of hydrogen-bond donors (Lipinski definition) is 8. The summed E-state index contributed by atoms with van der Waals surface area (Å²) in [4.78, 5) is 21.8. The average molecular weight is 408 g/mol. The minimum atomic E-state index is -1.23. The maximum atomic E-state index is 10.8. The lowest BCUT2D eigenvalue weighted by atomic mass is 10.1. The van der Waals surface area contributed by atoms with Crippen LogP contribution in [-0.2, 0) is 9.59 Å². The fourth-order valence-electron chi connectivity index (χ4n) is 1.80. The number of thioether (sulfide) groups is 2. The molecule has 0 aliphatic carbocycles. The van der Waals surface area contributed by atoms with Crippen LogP contribution in [0.1, 0.15) is 11.7 Å². The molecule has 0 saturated carbocycles. The van der Waals surface area contributed by atoms with E-state index >= 15 is 0 Å². The van der Waals surface area contributed by atoms with E-state index in [4.69, 9.17) is 21.7 Å². The van der Waals surface area contributed by atoms with Crippen molar-refractivity contribution in [3.63, 3.8) is 0 Å². The van der Waals surface area contributed by atoms with E-state index in [1.165, 1.54) is 6.07 Å². The van der Waals surface area contributed by atoms with Gasteiger partial charge in [0.2, 0.25) is 0 Å². The quantitative estimate of drug-likeness (QED) is 0.162. The molecule has 0 radical (unpaired) electrons. The Morgan fingerprint density at radius 2 is 1.54 bits per heavy atom. The summed E-state index contributed by atoms with van der Waals surface area (Å²) in [6.07, 6.45) is -1.09. The predicted octanol–water partition coefficient (Wildman–Crippen LogP) is -1.62. The normalized spacial score (nSPS) is 14.6. The zero-order valence-corrected chi connectivity index (χ0v) is 15.3. The first-order valence-corrected chi connectivity index (χ1v) is 9.35. The van der Waals surface area contributed by atoms with Gasteiger partial charge < -0.3 is 42.7 Å². The van der Waals surface area contributed by atoms with E-state index in [1.54, 1.807) is 0 Å². The summed E-state index contributed by atoms with van der Waals surface area (Å²) in [6, 6.07) is -0.988. The summed E-state index contributed by atoms with van der Waals surface area (Å²) in [7, 11) is 0. The number of aromatic hydroxyl groups is 2. The van der Waals surface area contributed by atoms with Crippen molar-refractivity contribution in [3.05, 3.63) is 11.6 Å². The lowest BCUT2D eigenvalue weighted by Crippen LogP contribution is -2.53. The number of carboxylic acids is 2. The van der Waals surface area contributed by atoms with Crippen LogP contribution >= 0.6 is 23.5 Å². The van der Waals surface area contributed by atoms with Crippen molar-refractivity contribution in [1.82, 2.24) is 0 Å². The maximum absolute atomic E-state index is 10.8. The molecule has 10 nitrogen and oxygen atoms in total. The van der Waals surface area contributed by atoms with E-state index in [0.29, 0.717) is 0 Å². The van der Waals surface area contributed by atoms with Gasteiger partial charge in [-0.05, 0) is 6.07 Å². The number of hydrogen-bond acceptors (Lipinski definition) is 9. The molecule has 12 heteroatoms. The monoisotopic (exact) mass is 408 g/mol. The van der Waals surface area contributed by atoms with Crippen LogP contribution in [0.3, 0.4) is 0 Å². The molecular formula is C14H22N3O7S2+. The van der Waals surface area contributed by atoms with Crippen molar-refractivity contribution < 1.29 is 40.9 Å². The number of aliphatic hydroxyl groups is 1. The van der Waals surface area contributed by atoms with Gasteiger partial charge in [0.05, 0.1) is 9.79 Å². The van der Waals surface area contributed by atoms with Crippen LogP contribution in [0.2, 0.25) is 0 Å². The lowest BCUT2D eigenvalue weighted by Gasteiger charge is -2.18. The van der Waals surface area contributed by atoms with Crippen LogP contribution in [0.5, 0.6) is 11.5 Å². The molecule has 0 aliphatic rings. The van der Waals surface area contributed by atoms with Crippen LogP contribution in [0, 0.1) is 0 Å². The van der Waals surface area contributed by atoms with Crippen molar-refractivity contribution >= 4 is 35.5 Å². The highest BCUT2D eigenvalue weighted by Gasteiger charge is 2.25. The summed E-state index contributed by atoms with van der Waals surface area (Å²) in [5.41, 5.74) is 14.7. The van der Waals surface area contributed by atoms with Gasteiger partial charge in [0.15, 0.2) is 11.5 Å². The summed E-state index contributed by atoms with van der Waals surface area (Å²) in [5.74, 6) is -3.68. The van der Waals surface area contributed by atoms with Gasteiger partial charge in [-0.3, -0.25) is 9.59 Å². The largest absolute Gasteiger partial charge is 0.503 e. The minimum absolute atomic E-state index is 0.0570. The molecular weight excluding hydrogens is 386 g/mol. The number of quaternary nitrogens is 1. The van der Waals surface area contributed by atoms with Crippen LogP contribution < -0.4 is 17.2 Å². The molecule has 1 rings (SSSR count). The van der Waals surface area contributed by atoms with Gasteiger partial charge >= 0.3 is 11.9 Å². The summed E-state index contributed by atoms with van der Waals surface area (Å²) in [5, 5.41) is 48.3. The number of aliphatic carboxylic acids is 2. The maximum Gasteiger partial charge on any atom is 0.321 e. The number of carboxylic acid groups (broad SMARTS) is 2. The van der Waals surface area contributed by atoms with Crippen LogP contribution in [-0.4, -0.2) is 67.6 Å². The summed E-state index contributed by atoms with van der Waals surface area (Å²) >= 11 is 1.78. The molecule has 0 amide bonds. The van der Waals surface area contributed by atoms with Crippen molar-refractivity contribution in [1.29, 1.82) is 0 Å². The van der Waals surface area contributed by atoms with Crippen LogP contribution in [0.25, 0.3) is 0 Å². The molecule has 146 valence electrons.